The van der Waals surface area contributed by atoms with E-state index in [0.717, 1.165) is 11.8 Å². The highest BCUT2D eigenvalue weighted by Crippen LogP contribution is 2.22. The molecule has 0 saturated heterocycles. The Labute approximate surface area is 170 Å². The van der Waals surface area contributed by atoms with Gasteiger partial charge in [0.05, 0.1) is 39.1 Å². The summed E-state index contributed by atoms with van der Waals surface area (Å²) in [4.78, 5) is 24.4. The molecule has 0 radical (unpaired) electrons. The summed E-state index contributed by atoms with van der Waals surface area (Å²) >= 11 is 0. The van der Waals surface area contributed by atoms with Crippen LogP contribution in [0.25, 0.3) is 0 Å². The lowest BCUT2D eigenvalue weighted by Crippen LogP contribution is -2.17. The monoisotopic (exact) mass is 423 g/mol. The lowest BCUT2D eigenvalue weighted by molar-refractivity contribution is -0.139. The van der Waals surface area contributed by atoms with E-state index in [9.17, 15) is 18.0 Å². The Kier molecular flexibility index (Phi) is 7.98. The van der Waals surface area contributed by atoms with E-state index in [1.165, 1.54) is 14.2 Å². The predicted molar refractivity (Wildman–Crippen MR) is 106 cm³/mol. The van der Waals surface area contributed by atoms with Gasteiger partial charge in [-0.3, -0.25) is 8.98 Å². The summed E-state index contributed by atoms with van der Waals surface area (Å²) in [5, 5.41) is 0. The molecule has 0 spiro atoms. The van der Waals surface area contributed by atoms with Crippen molar-refractivity contribution < 1.29 is 31.7 Å². The second-order valence-corrected chi connectivity index (χ2v) is 8.07. The first-order valence-corrected chi connectivity index (χ1v) is 10.8. The van der Waals surface area contributed by atoms with Crippen molar-refractivity contribution in [3.63, 3.8) is 0 Å². The third-order valence-corrected chi connectivity index (χ3v) is 4.95. The average Bonchev–Trinajstić information content (AvgIpc) is 3.02. The molecule has 1 aromatic carbocycles. The van der Waals surface area contributed by atoms with Crippen LogP contribution in [0.15, 0.2) is 36.5 Å². The van der Waals surface area contributed by atoms with Gasteiger partial charge in [0.25, 0.3) is 10.1 Å². The van der Waals surface area contributed by atoms with Crippen LogP contribution in [0.1, 0.15) is 27.2 Å². The Hall–Kier alpha value is -2.65. The van der Waals surface area contributed by atoms with Crippen molar-refractivity contribution in [2.24, 2.45) is 0 Å². The molecule has 8 nitrogen and oxygen atoms in total. The van der Waals surface area contributed by atoms with Gasteiger partial charge in [-0.2, -0.15) is 8.42 Å². The minimum absolute atomic E-state index is 0.125. The fraction of sp³-hybridized carbons (Fsp3) is 0.400. The van der Waals surface area contributed by atoms with Gasteiger partial charge in [-0.25, -0.2) is 4.79 Å². The molecule has 0 fully saturated rings. The van der Waals surface area contributed by atoms with Gasteiger partial charge in [-0.1, -0.05) is 30.3 Å². The first-order chi connectivity index (χ1) is 13.7. The third kappa shape index (κ3) is 6.72. The average molecular weight is 423 g/mol. The first-order valence-electron chi connectivity index (χ1n) is 8.99. The van der Waals surface area contributed by atoms with Crippen molar-refractivity contribution in [3.05, 3.63) is 58.9 Å². The zero-order chi connectivity index (χ0) is 21.4. The van der Waals surface area contributed by atoms with E-state index in [1.807, 2.05) is 30.3 Å². The van der Waals surface area contributed by atoms with Gasteiger partial charge in [0, 0.05) is 18.4 Å². The molecule has 0 bridgehead atoms. The van der Waals surface area contributed by atoms with E-state index >= 15 is 0 Å². The van der Waals surface area contributed by atoms with Crippen LogP contribution in [0.3, 0.4) is 0 Å². The van der Waals surface area contributed by atoms with Crippen molar-refractivity contribution >= 4 is 22.1 Å². The van der Waals surface area contributed by atoms with Crippen LogP contribution in [0.5, 0.6) is 0 Å². The number of carbonyl (C=O) groups excluding carboxylic acids is 2. The predicted octanol–water partition coefficient (Wildman–Crippen LogP) is 1.75. The Morgan fingerprint density at radius 3 is 2.31 bits per heavy atom. The lowest BCUT2D eigenvalue weighted by atomic mass is 10.0. The van der Waals surface area contributed by atoms with Crippen LogP contribution in [0.4, 0.5) is 0 Å². The summed E-state index contributed by atoms with van der Waals surface area (Å²) in [5.41, 5.74) is 2.52. The minimum atomic E-state index is -3.60. The maximum absolute atomic E-state index is 12.5. The number of hydrogen-bond donors (Lipinski definition) is 0. The zero-order valence-corrected chi connectivity index (χ0v) is 17.5. The fourth-order valence-corrected chi connectivity index (χ4v) is 3.39. The third-order valence-electron chi connectivity index (χ3n) is 4.35. The molecule has 0 saturated carbocycles. The molecule has 0 unspecified atom stereocenters. The summed E-state index contributed by atoms with van der Waals surface area (Å²) in [5.74, 6) is -1.08. The van der Waals surface area contributed by atoms with Gasteiger partial charge < -0.3 is 14.0 Å². The molecule has 0 amide bonds. The molecule has 1 aromatic heterocycles. The molecule has 0 aliphatic heterocycles. The van der Waals surface area contributed by atoms with Crippen LogP contribution in [-0.4, -0.2) is 52.0 Å². The van der Waals surface area contributed by atoms with Crippen LogP contribution in [0, 0.1) is 0 Å². The Bertz CT molecular complexity index is 949. The van der Waals surface area contributed by atoms with Crippen molar-refractivity contribution in [2.45, 2.75) is 25.8 Å². The van der Waals surface area contributed by atoms with Crippen LogP contribution >= 0.6 is 0 Å². The number of aromatic nitrogens is 1. The van der Waals surface area contributed by atoms with Gasteiger partial charge in [0.15, 0.2) is 0 Å². The summed E-state index contributed by atoms with van der Waals surface area (Å²) in [7, 11) is -1.07. The van der Waals surface area contributed by atoms with Crippen molar-refractivity contribution in [3.8, 4) is 0 Å². The Balaban J connectivity index is 2.37. The van der Waals surface area contributed by atoms with Gasteiger partial charge in [-0.15, -0.1) is 0 Å². The first kappa shape index (κ1) is 22.6. The molecule has 0 atom stereocenters. The second kappa shape index (κ2) is 10.2. The van der Waals surface area contributed by atoms with Gasteiger partial charge in [0.1, 0.15) is 0 Å². The van der Waals surface area contributed by atoms with Gasteiger partial charge in [-0.05, 0) is 24.0 Å². The van der Waals surface area contributed by atoms with Crippen LogP contribution in [0.2, 0.25) is 0 Å². The summed E-state index contributed by atoms with van der Waals surface area (Å²) in [6, 6.07) is 9.78. The van der Waals surface area contributed by atoms with E-state index < -0.39 is 22.1 Å². The number of benzene rings is 1. The van der Waals surface area contributed by atoms with Gasteiger partial charge >= 0.3 is 11.9 Å². The molecule has 0 aliphatic rings. The highest BCUT2D eigenvalue weighted by Gasteiger charge is 2.24. The maximum Gasteiger partial charge on any atom is 0.339 e. The smallest absolute Gasteiger partial charge is 0.339 e. The van der Waals surface area contributed by atoms with E-state index in [0.29, 0.717) is 29.7 Å². The topological polar surface area (TPSA) is 101 Å². The molecule has 1 heterocycles. The molecular formula is C20H25NO7S. The molecule has 2 aromatic rings. The lowest BCUT2D eigenvalue weighted by Gasteiger charge is -2.10. The summed E-state index contributed by atoms with van der Waals surface area (Å²) in [6.45, 7) is 0.0230. The van der Waals surface area contributed by atoms with Crippen molar-refractivity contribution in [1.82, 2.24) is 4.57 Å². The molecule has 158 valence electrons. The van der Waals surface area contributed by atoms with E-state index in [-0.39, 0.29) is 19.6 Å². The summed E-state index contributed by atoms with van der Waals surface area (Å²) in [6.07, 6.45) is 3.78. The zero-order valence-electron chi connectivity index (χ0n) is 16.7. The Morgan fingerprint density at radius 2 is 1.72 bits per heavy atom. The number of nitrogens with zero attached hydrogens (tertiary/aromatic N) is 1. The highest BCUT2D eigenvalue weighted by atomic mass is 32.2. The number of methoxy groups -OCH3 is 2. The molecular weight excluding hydrogens is 398 g/mol. The molecule has 9 heteroatoms. The normalized spacial score (nSPS) is 11.3. The number of carbonyl (C=O) groups is 2. The van der Waals surface area contributed by atoms with E-state index in [2.05, 4.69) is 0 Å². The SMILES string of the molecule is COC(=O)Cc1c(C(=O)OC)c(CCc2ccccc2)cn1CCOS(C)(=O)=O. The van der Waals surface area contributed by atoms with Crippen LogP contribution < -0.4 is 0 Å². The van der Waals surface area contributed by atoms with Crippen molar-refractivity contribution in [1.29, 1.82) is 0 Å². The van der Waals surface area contributed by atoms with Crippen LogP contribution in [-0.2, 0) is 54.4 Å². The Morgan fingerprint density at radius 1 is 1.03 bits per heavy atom. The quantitative estimate of drug-likeness (QED) is 0.424. The summed E-state index contributed by atoms with van der Waals surface area (Å²) < 4.78 is 38.6. The standard InChI is InChI=1S/C20H25NO7S/c1-26-18(22)13-17-19(20(23)27-2)16(10-9-15-7-5-4-6-8-15)14-21(17)11-12-28-29(3,24)25/h4-8,14H,9-13H2,1-3H3. The minimum Gasteiger partial charge on any atom is -0.469 e. The largest absolute Gasteiger partial charge is 0.469 e. The number of aryl methyl sites for hydroxylation is 2. The maximum atomic E-state index is 12.5. The number of hydrogen-bond acceptors (Lipinski definition) is 7. The number of esters is 2. The number of ether oxygens (including phenoxy) is 2. The molecule has 2 rings (SSSR count). The molecule has 0 N–H and O–H groups in total. The van der Waals surface area contributed by atoms with Crippen molar-refractivity contribution in [2.75, 3.05) is 27.1 Å². The second-order valence-electron chi connectivity index (χ2n) is 6.43. The molecule has 0 aliphatic carbocycles. The number of rotatable bonds is 10. The fourth-order valence-electron chi connectivity index (χ4n) is 3.01. The molecule has 29 heavy (non-hydrogen) atoms. The van der Waals surface area contributed by atoms with E-state index in [4.69, 9.17) is 13.7 Å². The van der Waals surface area contributed by atoms with Gasteiger partial charge in [0.2, 0.25) is 0 Å². The van der Waals surface area contributed by atoms with E-state index in [1.54, 1.807) is 10.8 Å². The highest BCUT2D eigenvalue weighted by molar-refractivity contribution is 7.85.